The van der Waals surface area contributed by atoms with Crippen LogP contribution in [0.4, 0.5) is 5.82 Å². The minimum Gasteiger partial charge on any atom is -0.455 e. The normalized spacial score (nSPS) is 11.7. The molecule has 0 atom stereocenters. The Labute approximate surface area is 93.8 Å². The third kappa shape index (κ3) is 3.29. The predicted molar refractivity (Wildman–Crippen MR) is 39.5 cm³/mol. The van der Waals surface area contributed by atoms with Crippen molar-refractivity contribution in [2.24, 2.45) is 9.98 Å². The zero-order valence-corrected chi connectivity index (χ0v) is 11.0. The Morgan fingerprint density at radius 2 is 2.33 bits per heavy atom. The van der Waals surface area contributed by atoms with Crippen molar-refractivity contribution in [1.82, 2.24) is 15.2 Å². The summed E-state index contributed by atoms with van der Waals surface area (Å²) in [6.45, 7) is 1.67. The second kappa shape index (κ2) is 6.09. The number of nitrogens with zero attached hydrogens (tertiary/aromatic N) is 4. The van der Waals surface area contributed by atoms with Gasteiger partial charge in [-0.05, 0) is 0 Å². The van der Waals surface area contributed by atoms with Gasteiger partial charge in [0.15, 0.2) is 0 Å². The fourth-order valence-corrected chi connectivity index (χ4v) is 0.512. The molecule has 0 aliphatic carbocycles. The van der Waals surface area contributed by atoms with Gasteiger partial charge in [0.25, 0.3) is 0 Å². The first kappa shape index (κ1) is 11.5. The molecule has 6 heteroatoms. The Bertz CT molecular complexity index is 295. The maximum atomic E-state index is 3.77. The molecule has 0 radical (unpaired) electrons. The van der Waals surface area contributed by atoms with Crippen LogP contribution in [0.5, 0.6) is 0 Å². The molecule has 1 aromatic rings. The van der Waals surface area contributed by atoms with E-state index < -0.39 is 0 Å². The van der Waals surface area contributed by atoms with Crippen molar-refractivity contribution in [3.05, 3.63) is 11.8 Å². The molecule has 0 amide bonds. The van der Waals surface area contributed by atoms with E-state index in [4.69, 9.17) is 0 Å². The second-order valence-electron chi connectivity index (χ2n) is 1.65. The Morgan fingerprint density at radius 3 is 2.75 bits per heavy atom. The van der Waals surface area contributed by atoms with Crippen molar-refractivity contribution in [2.45, 2.75) is 6.92 Å². The van der Waals surface area contributed by atoms with Crippen LogP contribution in [0.15, 0.2) is 9.98 Å². The van der Waals surface area contributed by atoms with Crippen molar-refractivity contribution < 1.29 is 31.1 Å². The van der Waals surface area contributed by atoms with E-state index in [0.717, 1.165) is 0 Å². The van der Waals surface area contributed by atoms with Gasteiger partial charge in [0.2, 0.25) is 0 Å². The van der Waals surface area contributed by atoms with Gasteiger partial charge in [-0.15, -0.1) is 6.92 Å². The van der Waals surface area contributed by atoms with E-state index in [9.17, 15) is 0 Å². The summed E-state index contributed by atoms with van der Waals surface area (Å²) in [7, 11) is 1.61. The number of aromatic nitrogens is 3. The molecule has 1 rings (SSSR count). The van der Waals surface area contributed by atoms with Crippen LogP contribution in [0.1, 0.15) is 6.92 Å². The minimum atomic E-state index is 0. The van der Waals surface area contributed by atoms with Gasteiger partial charge in [-0.3, -0.25) is 5.10 Å². The molecule has 0 unspecified atom stereocenters. The van der Waals surface area contributed by atoms with Gasteiger partial charge < -0.3 is 20.1 Å². The number of hydrogen-bond acceptors (Lipinski definition) is 4. The zero-order chi connectivity index (χ0) is 8.10. The average molecular weight is 387 g/mol. The fourth-order valence-electron chi connectivity index (χ4n) is 0.512. The van der Waals surface area contributed by atoms with Crippen LogP contribution in [0.2, 0.25) is 0 Å². The smallest absolute Gasteiger partial charge is 0.455 e. The first-order chi connectivity index (χ1) is 5.36. The van der Waals surface area contributed by atoms with Crippen molar-refractivity contribution in [1.29, 1.82) is 0 Å². The van der Waals surface area contributed by atoms with Crippen molar-refractivity contribution in [3.8, 4) is 0 Å². The summed E-state index contributed by atoms with van der Waals surface area (Å²) in [5.41, 5.74) is 0.431. The molecule has 0 bridgehead atoms. The molecule has 0 aliphatic rings. The molecule has 0 aromatic carbocycles. The molecule has 0 fully saturated rings. The summed E-state index contributed by atoms with van der Waals surface area (Å²) < 4.78 is 0. The molecule has 0 saturated carbocycles. The number of rotatable bonds is 1. The van der Waals surface area contributed by atoms with Gasteiger partial charge in [-0.1, -0.05) is 5.82 Å². The Balaban J connectivity index is 0.00000121. The van der Waals surface area contributed by atoms with Crippen LogP contribution in [0, 0.1) is 37.3 Å². The molecular weight excluding hydrogens is 380 g/mol. The van der Waals surface area contributed by atoms with Crippen LogP contribution in [0.25, 0.3) is 0 Å². The van der Waals surface area contributed by atoms with Crippen molar-refractivity contribution in [2.75, 3.05) is 7.05 Å². The Kier molecular flexibility index (Phi) is 5.86. The van der Waals surface area contributed by atoms with Gasteiger partial charge in [0.05, 0.1) is 5.62 Å². The van der Waals surface area contributed by atoms with Crippen LogP contribution >= 0.6 is 0 Å². The molecule has 12 heavy (non-hydrogen) atoms. The van der Waals surface area contributed by atoms with E-state index in [1.54, 1.807) is 14.0 Å². The summed E-state index contributed by atoms with van der Waals surface area (Å²) in [6, 6.07) is 0. The topological polar surface area (TPSA) is 66.3 Å². The molecule has 0 saturated heterocycles. The maximum Gasteiger partial charge on any atom is 2.00 e. The fraction of sp³-hybridized carbons (Fsp3) is 0.333. The van der Waals surface area contributed by atoms with E-state index >= 15 is 0 Å². The number of aromatic amines is 1. The summed E-state index contributed by atoms with van der Waals surface area (Å²) >= 11 is 0. The van der Waals surface area contributed by atoms with Crippen LogP contribution in [0.3, 0.4) is 0 Å². The van der Waals surface area contributed by atoms with Crippen molar-refractivity contribution >= 4 is 12.0 Å². The average Bonchev–Trinajstić information content (AvgIpc) is 2.07. The Hall–Kier alpha value is -0.468. The van der Waals surface area contributed by atoms with Crippen LogP contribution < -0.4 is 5.62 Å². The quantitative estimate of drug-likeness (QED) is 0.533. The number of nitrogens with one attached hydrogen (secondary N) is 1. The van der Waals surface area contributed by atoms with Crippen LogP contribution in [-0.4, -0.2) is 28.4 Å². The van der Waals surface area contributed by atoms with E-state index in [0.29, 0.717) is 11.4 Å². The van der Waals surface area contributed by atoms with Crippen LogP contribution in [-0.2, 0) is 0 Å². The molecule has 0 spiro atoms. The number of hydrogen-bond donors (Lipinski definition) is 1. The SMILES string of the molecule is C[C-]=Nc1[c-]nc(=NC)[nH]n1.[U+2]. The second-order valence-corrected chi connectivity index (χ2v) is 1.65. The minimum absolute atomic E-state index is 0. The largest absolute Gasteiger partial charge is 2.00 e. The van der Waals surface area contributed by atoms with E-state index in [2.05, 4.69) is 37.6 Å². The summed E-state index contributed by atoms with van der Waals surface area (Å²) in [6.07, 6.45) is 5.14. The molecule has 60 valence electrons. The third-order valence-corrected chi connectivity index (χ3v) is 0.953. The van der Waals surface area contributed by atoms with E-state index in [-0.39, 0.29) is 31.1 Å². The zero-order valence-electron chi connectivity index (χ0n) is 6.79. The standard InChI is InChI=1S/C6H7N5.U/c1-3-8-5-4-9-6(7-2)11-10-5;/h1-2H3,(H,7,9,11);/q-2;+2. The molecule has 1 heterocycles. The van der Waals surface area contributed by atoms with Crippen molar-refractivity contribution in [3.63, 3.8) is 0 Å². The third-order valence-electron chi connectivity index (χ3n) is 0.953. The predicted octanol–water partition coefficient (Wildman–Crippen LogP) is -0.265. The van der Waals surface area contributed by atoms with E-state index in [1.807, 2.05) is 0 Å². The first-order valence-electron chi connectivity index (χ1n) is 3.01. The summed E-state index contributed by atoms with van der Waals surface area (Å²) in [5.74, 6) is 0.375. The summed E-state index contributed by atoms with van der Waals surface area (Å²) in [4.78, 5) is 11.3. The first-order valence-corrected chi connectivity index (χ1v) is 3.01. The number of aliphatic imine (C=N–C) groups is 1. The molecule has 5 nitrogen and oxygen atoms in total. The molecule has 0 aliphatic heterocycles. The molecule has 1 N–H and O–H groups in total. The van der Waals surface area contributed by atoms with Gasteiger partial charge in [0.1, 0.15) is 0 Å². The molecule has 1 aromatic heterocycles. The Morgan fingerprint density at radius 1 is 1.58 bits per heavy atom. The maximum absolute atomic E-state index is 3.77. The van der Waals surface area contributed by atoms with Gasteiger partial charge >= 0.3 is 31.1 Å². The van der Waals surface area contributed by atoms with Gasteiger partial charge in [-0.2, -0.15) is 6.21 Å². The number of H-pyrrole nitrogens is 1. The molecular formula is C6H7N5U. The monoisotopic (exact) mass is 387 g/mol. The van der Waals surface area contributed by atoms with E-state index in [1.165, 1.54) is 0 Å². The van der Waals surface area contributed by atoms with Gasteiger partial charge in [-0.25, -0.2) is 6.20 Å². The summed E-state index contributed by atoms with van der Waals surface area (Å²) in [5, 5.41) is 6.35. The van der Waals surface area contributed by atoms with Gasteiger partial charge in [0, 0.05) is 7.05 Å².